The smallest absolute Gasteiger partial charge is 0.0406 e. The fraction of sp³-hybridized carbons (Fsp3) is 0.625. The fourth-order valence-electron chi connectivity index (χ4n) is 2.91. The molecule has 106 valence electrons. The van der Waals surface area contributed by atoms with Crippen LogP contribution in [0.15, 0.2) is 24.3 Å². The minimum absolute atomic E-state index is 0.381. The van der Waals surface area contributed by atoms with Crippen molar-refractivity contribution >= 4 is 11.6 Å². The molecule has 0 bridgehead atoms. The van der Waals surface area contributed by atoms with E-state index in [4.69, 9.17) is 11.6 Å². The van der Waals surface area contributed by atoms with E-state index in [2.05, 4.69) is 43.2 Å². The van der Waals surface area contributed by atoms with Crippen molar-refractivity contribution in [1.29, 1.82) is 0 Å². The van der Waals surface area contributed by atoms with Crippen LogP contribution in [0.2, 0.25) is 5.02 Å². The fourth-order valence-corrected chi connectivity index (χ4v) is 3.03. The molecule has 0 radical (unpaired) electrons. The predicted molar refractivity (Wildman–Crippen MR) is 82.7 cm³/mol. The first kappa shape index (κ1) is 14.8. The van der Waals surface area contributed by atoms with Gasteiger partial charge in [0.25, 0.3) is 0 Å². The SMILES string of the molecule is CC(N[C@H](C)c1ccc(Cl)cc1)C1CCN(C)CC1. The van der Waals surface area contributed by atoms with Crippen molar-refractivity contribution in [2.24, 2.45) is 5.92 Å². The summed E-state index contributed by atoms with van der Waals surface area (Å²) < 4.78 is 0. The van der Waals surface area contributed by atoms with Crippen LogP contribution in [0.25, 0.3) is 0 Å². The Labute approximate surface area is 122 Å². The van der Waals surface area contributed by atoms with Gasteiger partial charge in [-0.3, -0.25) is 0 Å². The Morgan fingerprint density at radius 2 is 1.74 bits per heavy atom. The van der Waals surface area contributed by atoms with E-state index in [0.29, 0.717) is 12.1 Å². The van der Waals surface area contributed by atoms with E-state index in [-0.39, 0.29) is 0 Å². The summed E-state index contributed by atoms with van der Waals surface area (Å²) in [5, 5.41) is 4.54. The molecule has 1 fully saturated rings. The Balaban J connectivity index is 1.87. The molecule has 19 heavy (non-hydrogen) atoms. The van der Waals surface area contributed by atoms with Crippen LogP contribution in [0, 0.1) is 5.92 Å². The molecule has 2 atom stereocenters. The van der Waals surface area contributed by atoms with Gasteiger partial charge in [0.15, 0.2) is 0 Å². The van der Waals surface area contributed by atoms with Gasteiger partial charge < -0.3 is 10.2 Å². The summed E-state index contributed by atoms with van der Waals surface area (Å²) in [5.74, 6) is 0.797. The Morgan fingerprint density at radius 1 is 1.16 bits per heavy atom. The van der Waals surface area contributed by atoms with Gasteiger partial charge in [-0.2, -0.15) is 0 Å². The van der Waals surface area contributed by atoms with Gasteiger partial charge in [0, 0.05) is 17.1 Å². The normalized spacial score (nSPS) is 21.3. The average Bonchev–Trinajstić information content (AvgIpc) is 2.40. The first-order valence-corrected chi connectivity index (χ1v) is 7.64. The number of halogens is 1. The number of hydrogen-bond acceptors (Lipinski definition) is 2. The summed E-state index contributed by atoms with van der Waals surface area (Å²) in [5.41, 5.74) is 1.31. The van der Waals surface area contributed by atoms with Crippen LogP contribution >= 0.6 is 11.6 Å². The summed E-state index contributed by atoms with van der Waals surface area (Å²) in [4.78, 5) is 2.42. The van der Waals surface area contributed by atoms with Gasteiger partial charge in [0.05, 0.1) is 0 Å². The monoisotopic (exact) mass is 280 g/mol. The maximum absolute atomic E-state index is 5.93. The van der Waals surface area contributed by atoms with Crippen molar-refractivity contribution in [1.82, 2.24) is 10.2 Å². The van der Waals surface area contributed by atoms with Crippen molar-refractivity contribution in [3.63, 3.8) is 0 Å². The van der Waals surface area contributed by atoms with E-state index in [1.807, 2.05) is 12.1 Å². The van der Waals surface area contributed by atoms with Gasteiger partial charge in [-0.15, -0.1) is 0 Å². The summed E-state index contributed by atoms with van der Waals surface area (Å²) >= 11 is 5.93. The summed E-state index contributed by atoms with van der Waals surface area (Å²) in [6, 6.07) is 9.11. The van der Waals surface area contributed by atoms with Gasteiger partial charge in [0.1, 0.15) is 0 Å². The molecule has 1 unspecified atom stereocenters. The number of nitrogens with zero attached hydrogens (tertiary/aromatic N) is 1. The van der Waals surface area contributed by atoms with Crippen molar-refractivity contribution in [3.05, 3.63) is 34.9 Å². The highest BCUT2D eigenvalue weighted by Gasteiger charge is 2.23. The first-order chi connectivity index (χ1) is 9.06. The number of rotatable bonds is 4. The van der Waals surface area contributed by atoms with Gasteiger partial charge in [-0.1, -0.05) is 23.7 Å². The highest BCUT2D eigenvalue weighted by molar-refractivity contribution is 6.30. The topological polar surface area (TPSA) is 15.3 Å². The second-order valence-electron chi connectivity index (χ2n) is 5.87. The van der Waals surface area contributed by atoms with E-state index in [1.54, 1.807) is 0 Å². The molecule has 1 saturated heterocycles. The standard InChI is InChI=1S/C16H25ClN2/c1-12(14-4-6-16(17)7-5-14)18-13(2)15-8-10-19(3)11-9-15/h4-7,12-13,15,18H,8-11H2,1-3H3/t12-,13?/m1/s1. The van der Waals surface area contributed by atoms with Crippen LogP contribution < -0.4 is 5.32 Å². The van der Waals surface area contributed by atoms with Crippen LogP contribution in [0.3, 0.4) is 0 Å². The highest BCUT2D eigenvalue weighted by Crippen LogP contribution is 2.23. The first-order valence-electron chi connectivity index (χ1n) is 7.26. The largest absolute Gasteiger partial charge is 0.307 e. The van der Waals surface area contributed by atoms with Crippen molar-refractivity contribution in [2.75, 3.05) is 20.1 Å². The molecular weight excluding hydrogens is 256 g/mol. The molecule has 0 saturated carbocycles. The van der Waals surface area contributed by atoms with Gasteiger partial charge in [-0.25, -0.2) is 0 Å². The molecule has 3 heteroatoms. The van der Waals surface area contributed by atoms with Crippen LogP contribution in [0.4, 0.5) is 0 Å². The van der Waals surface area contributed by atoms with Crippen LogP contribution in [0.1, 0.15) is 38.3 Å². The van der Waals surface area contributed by atoms with E-state index >= 15 is 0 Å². The van der Waals surface area contributed by atoms with Crippen molar-refractivity contribution in [3.8, 4) is 0 Å². The molecule has 2 rings (SSSR count). The highest BCUT2D eigenvalue weighted by atomic mass is 35.5. The molecule has 1 aromatic carbocycles. The van der Waals surface area contributed by atoms with Gasteiger partial charge >= 0.3 is 0 Å². The maximum atomic E-state index is 5.93. The lowest BCUT2D eigenvalue weighted by atomic mass is 9.90. The second-order valence-corrected chi connectivity index (χ2v) is 6.31. The molecule has 1 heterocycles. The quantitative estimate of drug-likeness (QED) is 0.904. The predicted octanol–water partition coefficient (Wildman–Crippen LogP) is 3.72. The molecule has 0 aliphatic carbocycles. The third-order valence-corrected chi connectivity index (χ3v) is 4.61. The molecular formula is C16H25ClN2. The van der Waals surface area contributed by atoms with E-state index in [1.165, 1.54) is 31.5 Å². The van der Waals surface area contributed by atoms with Crippen molar-refractivity contribution < 1.29 is 0 Å². The Hall–Kier alpha value is -0.570. The third kappa shape index (κ3) is 4.20. The van der Waals surface area contributed by atoms with Gasteiger partial charge in [0.2, 0.25) is 0 Å². The van der Waals surface area contributed by atoms with Crippen molar-refractivity contribution in [2.45, 2.75) is 38.8 Å². The zero-order valence-electron chi connectivity index (χ0n) is 12.2. The minimum Gasteiger partial charge on any atom is -0.307 e. The number of benzene rings is 1. The third-order valence-electron chi connectivity index (χ3n) is 4.35. The second kappa shape index (κ2) is 6.74. The van der Waals surface area contributed by atoms with E-state index < -0.39 is 0 Å². The Kier molecular flexibility index (Phi) is 5.26. The van der Waals surface area contributed by atoms with Gasteiger partial charge in [-0.05, 0) is 70.4 Å². The number of likely N-dealkylation sites (tertiary alicyclic amines) is 1. The molecule has 0 amide bonds. The van der Waals surface area contributed by atoms with E-state index in [0.717, 1.165) is 10.9 Å². The minimum atomic E-state index is 0.381. The lowest BCUT2D eigenvalue weighted by Crippen LogP contribution is -2.41. The Bertz CT molecular complexity index is 382. The number of piperidine rings is 1. The zero-order chi connectivity index (χ0) is 13.8. The number of nitrogens with one attached hydrogen (secondary N) is 1. The number of hydrogen-bond donors (Lipinski definition) is 1. The molecule has 1 aliphatic rings. The summed E-state index contributed by atoms with van der Waals surface area (Å²) in [6.45, 7) is 7.01. The van der Waals surface area contributed by atoms with Crippen LogP contribution in [0.5, 0.6) is 0 Å². The van der Waals surface area contributed by atoms with Crippen LogP contribution in [-0.4, -0.2) is 31.1 Å². The molecule has 0 aromatic heterocycles. The lowest BCUT2D eigenvalue weighted by molar-refractivity contribution is 0.185. The lowest BCUT2D eigenvalue weighted by Gasteiger charge is -2.34. The summed E-state index contributed by atoms with van der Waals surface area (Å²) in [6.07, 6.45) is 2.61. The van der Waals surface area contributed by atoms with Crippen LogP contribution in [-0.2, 0) is 0 Å². The zero-order valence-corrected chi connectivity index (χ0v) is 13.0. The van der Waals surface area contributed by atoms with E-state index in [9.17, 15) is 0 Å². The molecule has 1 N–H and O–H groups in total. The average molecular weight is 281 g/mol. The summed E-state index contributed by atoms with van der Waals surface area (Å²) in [7, 11) is 2.21. The molecule has 1 aliphatic heterocycles. The maximum Gasteiger partial charge on any atom is 0.0406 e. The Morgan fingerprint density at radius 3 is 2.32 bits per heavy atom. The molecule has 1 aromatic rings. The molecule has 2 nitrogen and oxygen atoms in total. The molecule has 0 spiro atoms.